The summed E-state index contributed by atoms with van der Waals surface area (Å²) in [7, 11) is 0. The molecule has 5 nitrogen and oxygen atoms in total. The van der Waals surface area contributed by atoms with Gasteiger partial charge in [-0.15, -0.1) is 0 Å². The fourth-order valence-electron chi connectivity index (χ4n) is 7.92. The number of nitrogens with zero attached hydrogens (tertiary/aromatic N) is 4. The first-order valence-electron chi connectivity index (χ1n) is 10.9. The quantitative estimate of drug-likeness (QED) is 0.776. The van der Waals surface area contributed by atoms with Crippen LogP contribution in [-0.4, -0.2) is 30.8 Å². The summed E-state index contributed by atoms with van der Waals surface area (Å²) in [6, 6.07) is 0. The van der Waals surface area contributed by atoms with Gasteiger partial charge in [-0.25, -0.2) is 9.50 Å². The highest BCUT2D eigenvalue weighted by molar-refractivity contribution is 5.34. The second kappa shape index (κ2) is 5.31. The molecule has 0 saturated heterocycles. The van der Waals surface area contributed by atoms with Gasteiger partial charge in [-0.2, -0.15) is 10.1 Å². The number of hydrogen-bond donors (Lipinski definition) is 1. The van der Waals surface area contributed by atoms with Crippen molar-refractivity contribution >= 4 is 5.78 Å². The Morgan fingerprint density at radius 3 is 2.81 bits per heavy atom. The maximum absolute atomic E-state index is 10.7. The Morgan fingerprint density at radius 1 is 1.07 bits per heavy atom. The summed E-state index contributed by atoms with van der Waals surface area (Å²) < 4.78 is 1.84. The third-order valence-corrected chi connectivity index (χ3v) is 9.46. The van der Waals surface area contributed by atoms with Crippen LogP contribution in [-0.2, 0) is 12.8 Å². The summed E-state index contributed by atoms with van der Waals surface area (Å²) in [4.78, 5) is 9.11. The van der Waals surface area contributed by atoms with Crippen LogP contribution in [0, 0.1) is 34.5 Å². The van der Waals surface area contributed by atoms with Gasteiger partial charge in [-0.3, -0.25) is 0 Å². The minimum atomic E-state index is -0.0779. The van der Waals surface area contributed by atoms with Crippen molar-refractivity contribution in [1.82, 2.24) is 19.6 Å². The molecule has 7 atom stereocenters. The molecule has 27 heavy (non-hydrogen) atoms. The first-order valence-corrected chi connectivity index (χ1v) is 10.9. The fraction of sp³-hybridized carbons (Fsp3) is 0.773. The Morgan fingerprint density at radius 2 is 1.93 bits per heavy atom. The number of aliphatic hydroxyl groups excluding tert-OH is 1. The molecule has 0 aliphatic heterocycles. The first kappa shape index (κ1) is 16.5. The minimum Gasteiger partial charge on any atom is -0.393 e. The van der Waals surface area contributed by atoms with Crippen molar-refractivity contribution in [2.24, 2.45) is 34.5 Å². The maximum Gasteiger partial charge on any atom is 0.252 e. The predicted octanol–water partition coefficient (Wildman–Crippen LogP) is 3.44. The molecular weight excluding hydrogens is 336 g/mol. The third kappa shape index (κ3) is 2.07. The SMILES string of the molecule is C[C@]12Cc3cn4ncnc4nc3CC1CC[C@@H]1[C@@H]2CC[C@]2(C)C(O)CC[C@@H]12. The molecule has 4 aliphatic carbocycles. The highest BCUT2D eigenvalue weighted by Crippen LogP contribution is 2.65. The second-order valence-corrected chi connectivity index (χ2v) is 10.4. The van der Waals surface area contributed by atoms with Crippen LogP contribution in [0.2, 0.25) is 0 Å². The van der Waals surface area contributed by atoms with Crippen LogP contribution in [0.1, 0.15) is 63.6 Å². The molecule has 144 valence electrons. The zero-order chi connectivity index (χ0) is 18.4. The Labute approximate surface area is 160 Å². The van der Waals surface area contributed by atoms with Gasteiger partial charge < -0.3 is 5.11 Å². The molecule has 2 aromatic heterocycles. The van der Waals surface area contributed by atoms with E-state index < -0.39 is 0 Å². The summed E-state index contributed by atoms with van der Waals surface area (Å²) in [6.45, 7) is 4.94. The zero-order valence-corrected chi connectivity index (χ0v) is 16.4. The number of aliphatic hydroxyl groups is 1. The lowest BCUT2D eigenvalue weighted by molar-refractivity contribution is -0.111. The molecule has 0 radical (unpaired) electrons. The Bertz CT molecular complexity index is 909. The van der Waals surface area contributed by atoms with Crippen LogP contribution in [0.5, 0.6) is 0 Å². The summed E-state index contributed by atoms with van der Waals surface area (Å²) in [5.41, 5.74) is 3.17. The van der Waals surface area contributed by atoms with E-state index >= 15 is 0 Å². The van der Waals surface area contributed by atoms with Crippen LogP contribution in [0.3, 0.4) is 0 Å². The number of fused-ring (bicyclic) bond motifs is 7. The highest BCUT2D eigenvalue weighted by atomic mass is 16.3. The van der Waals surface area contributed by atoms with Crippen molar-refractivity contribution in [2.75, 3.05) is 0 Å². The van der Waals surface area contributed by atoms with Crippen molar-refractivity contribution in [3.63, 3.8) is 0 Å². The van der Waals surface area contributed by atoms with Crippen LogP contribution >= 0.6 is 0 Å². The van der Waals surface area contributed by atoms with E-state index in [9.17, 15) is 5.11 Å². The van der Waals surface area contributed by atoms with Gasteiger partial charge in [0, 0.05) is 11.9 Å². The van der Waals surface area contributed by atoms with E-state index in [1.165, 1.54) is 43.4 Å². The lowest BCUT2D eigenvalue weighted by atomic mass is 9.45. The van der Waals surface area contributed by atoms with E-state index in [4.69, 9.17) is 4.98 Å². The van der Waals surface area contributed by atoms with E-state index in [-0.39, 0.29) is 11.5 Å². The van der Waals surface area contributed by atoms with E-state index in [1.54, 1.807) is 6.33 Å². The van der Waals surface area contributed by atoms with Gasteiger partial charge in [0.1, 0.15) is 6.33 Å². The molecule has 0 amide bonds. The monoisotopic (exact) mass is 366 g/mol. The van der Waals surface area contributed by atoms with Crippen LogP contribution in [0.4, 0.5) is 0 Å². The average Bonchev–Trinajstić information content (AvgIpc) is 3.21. The molecule has 2 aromatic rings. The van der Waals surface area contributed by atoms with Crippen LogP contribution < -0.4 is 0 Å². The predicted molar refractivity (Wildman–Crippen MR) is 102 cm³/mol. The molecule has 0 spiro atoms. The molecule has 6 rings (SSSR count). The molecule has 3 saturated carbocycles. The van der Waals surface area contributed by atoms with Crippen molar-refractivity contribution < 1.29 is 5.11 Å². The molecule has 0 bridgehead atoms. The third-order valence-electron chi connectivity index (χ3n) is 9.46. The molecule has 3 fully saturated rings. The van der Waals surface area contributed by atoms with Gasteiger partial charge in [-0.1, -0.05) is 13.8 Å². The van der Waals surface area contributed by atoms with E-state index in [1.807, 2.05) is 4.52 Å². The van der Waals surface area contributed by atoms with Crippen molar-refractivity contribution in [3.05, 3.63) is 23.8 Å². The standard InChI is InChI=1S/C22H30N4O/c1-21-8-7-17-15(16(21)5-6-19(21)27)4-3-14-9-18-13(10-22(14,17)2)11-26-20(25-18)23-12-24-26/h11-12,14-17,19,27H,3-10H2,1-2H3/t14?,15-,16-,17-,19?,21-,22-/m0/s1. The van der Waals surface area contributed by atoms with Crippen molar-refractivity contribution in [1.29, 1.82) is 0 Å². The van der Waals surface area contributed by atoms with Crippen molar-refractivity contribution in [2.45, 2.75) is 71.3 Å². The molecule has 5 heteroatoms. The van der Waals surface area contributed by atoms with Gasteiger partial charge in [-0.05, 0) is 91.4 Å². The van der Waals surface area contributed by atoms with Gasteiger partial charge in [0.2, 0.25) is 0 Å². The topological polar surface area (TPSA) is 63.3 Å². The lowest BCUT2D eigenvalue weighted by Crippen LogP contribution is -2.54. The molecule has 2 unspecified atom stereocenters. The first-order chi connectivity index (χ1) is 13.0. The highest BCUT2D eigenvalue weighted by Gasteiger charge is 2.60. The van der Waals surface area contributed by atoms with E-state index in [0.29, 0.717) is 5.41 Å². The normalized spacial score (nSPS) is 45.8. The van der Waals surface area contributed by atoms with E-state index in [0.717, 1.165) is 48.7 Å². The van der Waals surface area contributed by atoms with Crippen LogP contribution in [0.15, 0.2) is 12.5 Å². The van der Waals surface area contributed by atoms with Crippen LogP contribution in [0.25, 0.3) is 5.78 Å². The number of rotatable bonds is 0. The minimum absolute atomic E-state index is 0.0779. The molecule has 4 aliphatic rings. The largest absolute Gasteiger partial charge is 0.393 e. The van der Waals surface area contributed by atoms with Gasteiger partial charge in [0.05, 0.1) is 6.10 Å². The van der Waals surface area contributed by atoms with Gasteiger partial charge in [0.15, 0.2) is 0 Å². The summed E-state index contributed by atoms with van der Waals surface area (Å²) >= 11 is 0. The summed E-state index contributed by atoms with van der Waals surface area (Å²) in [5.74, 6) is 3.78. The molecule has 2 heterocycles. The van der Waals surface area contributed by atoms with Crippen molar-refractivity contribution in [3.8, 4) is 0 Å². The van der Waals surface area contributed by atoms with Gasteiger partial charge in [0.25, 0.3) is 5.78 Å². The second-order valence-electron chi connectivity index (χ2n) is 10.4. The molecule has 1 N–H and O–H groups in total. The van der Waals surface area contributed by atoms with Gasteiger partial charge >= 0.3 is 0 Å². The Kier molecular flexibility index (Phi) is 3.24. The number of hydrogen-bond acceptors (Lipinski definition) is 4. The summed E-state index contributed by atoms with van der Waals surface area (Å²) in [6.07, 6.45) is 13.3. The average molecular weight is 367 g/mol. The number of aromatic nitrogens is 4. The fourth-order valence-corrected chi connectivity index (χ4v) is 7.92. The Hall–Kier alpha value is -1.49. The zero-order valence-electron chi connectivity index (χ0n) is 16.4. The van der Waals surface area contributed by atoms with E-state index in [2.05, 4.69) is 30.1 Å². The molecular formula is C22H30N4O. The summed E-state index contributed by atoms with van der Waals surface area (Å²) in [5, 5.41) is 15.0. The lowest BCUT2D eigenvalue weighted by Gasteiger charge is -2.60. The smallest absolute Gasteiger partial charge is 0.252 e. The maximum atomic E-state index is 10.7. The molecule has 0 aromatic carbocycles. The Balaban J connectivity index is 1.38.